The number of ether oxygens (including phenoxy) is 1. The van der Waals surface area contributed by atoms with Crippen LogP contribution in [0.25, 0.3) is 10.8 Å². The van der Waals surface area contributed by atoms with Crippen molar-refractivity contribution in [1.82, 2.24) is 0 Å². The minimum Gasteiger partial charge on any atom is -0.482 e. The molecule has 4 rings (SSSR count). The Bertz CT molecular complexity index is 871. The van der Waals surface area contributed by atoms with Gasteiger partial charge in [0, 0.05) is 22.0 Å². The van der Waals surface area contributed by atoms with Gasteiger partial charge >= 0.3 is 0 Å². The van der Waals surface area contributed by atoms with Gasteiger partial charge < -0.3 is 4.74 Å². The Morgan fingerprint density at radius 1 is 1.05 bits per heavy atom. The highest BCUT2D eigenvalue weighted by molar-refractivity contribution is 9.10. The van der Waals surface area contributed by atoms with E-state index in [0.29, 0.717) is 12.0 Å². The lowest BCUT2D eigenvalue weighted by Gasteiger charge is -2.09. The molecule has 1 heterocycles. The topological polar surface area (TPSA) is 26.3 Å². The van der Waals surface area contributed by atoms with E-state index in [1.54, 1.807) is 0 Å². The van der Waals surface area contributed by atoms with Gasteiger partial charge in [0.25, 0.3) is 0 Å². The van der Waals surface area contributed by atoms with Gasteiger partial charge in [-0.05, 0) is 29.0 Å². The number of hydrogen-bond donors (Lipinski definition) is 0. The zero-order chi connectivity index (χ0) is 15.1. The zero-order valence-electron chi connectivity index (χ0n) is 11.8. The summed E-state index contributed by atoms with van der Waals surface area (Å²) in [5, 5.41) is 2.31. The van der Waals surface area contributed by atoms with E-state index in [2.05, 4.69) is 28.1 Å². The second kappa shape index (κ2) is 5.25. The third-order valence-corrected chi connectivity index (χ3v) is 4.55. The van der Waals surface area contributed by atoms with Crippen molar-refractivity contribution >= 4 is 32.5 Å². The molecule has 108 valence electrons. The standard InChI is InChI=1S/C19H13BrO2/c20-14-7-8-15-13(10-14)6-9-17-16(15)11-18(22-17)19(21)12-4-2-1-3-5-12/h1-10,18H,11H2/t18-/m0/s1. The minimum absolute atomic E-state index is 0.0436. The summed E-state index contributed by atoms with van der Waals surface area (Å²) >= 11 is 3.49. The van der Waals surface area contributed by atoms with Crippen LogP contribution in [-0.2, 0) is 6.42 Å². The van der Waals surface area contributed by atoms with Crippen LogP contribution in [0.3, 0.4) is 0 Å². The van der Waals surface area contributed by atoms with E-state index in [-0.39, 0.29) is 5.78 Å². The molecule has 1 aliphatic heterocycles. The van der Waals surface area contributed by atoms with Crippen LogP contribution in [0.5, 0.6) is 5.75 Å². The first-order chi connectivity index (χ1) is 10.7. The van der Waals surface area contributed by atoms with Gasteiger partial charge in [0.1, 0.15) is 5.75 Å². The maximum absolute atomic E-state index is 12.6. The van der Waals surface area contributed by atoms with Crippen LogP contribution in [0.15, 0.2) is 65.1 Å². The molecule has 1 aliphatic rings. The first-order valence-corrected chi connectivity index (χ1v) is 7.99. The fourth-order valence-corrected chi connectivity index (χ4v) is 3.36. The summed E-state index contributed by atoms with van der Waals surface area (Å²) in [7, 11) is 0. The van der Waals surface area contributed by atoms with E-state index in [1.165, 1.54) is 0 Å². The Morgan fingerprint density at radius 3 is 2.68 bits per heavy atom. The molecule has 0 spiro atoms. The van der Waals surface area contributed by atoms with Crippen molar-refractivity contribution in [2.45, 2.75) is 12.5 Å². The lowest BCUT2D eigenvalue weighted by molar-refractivity contribution is 0.0825. The molecule has 22 heavy (non-hydrogen) atoms. The van der Waals surface area contributed by atoms with Crippen LogP contribution in [0, 0.1) is 0 Å². The van der Waals surface area contributed by atoms with Crippen LogP contribution >= 0.6 is 15.9 Å². The first-order valence-electron chi connectivity index (χ1n) is 7.19. The first kappa shape index (κ1) is 13.5. The number of benzene rings is 3. The molecule has 0 fully saturated rings. The van der Waals surface area contributed by atoms with Crippen LogP contribution in [0.2, 0.25) is 0 Å². The predicted molar refractivity (Wildman–Crippen MR) is 90.5 cm³/mol. The van der Waals surface area contributed by atoms with Gasteiger partial charge in [-0.3, -0.25) is 4.79 Å². The molecule has 0 aromatic heterocycles. The third kappa shape index (κ3) is 2.22. The van der Waals surface area contributed by atoms with E-state index in [0.717, 1.165) is 26.6 Å². The maximum atomic E-state index is 12.6. The highest BCUT2D eigenvalue weighted by Crippen LogP contribution is 2.36. The molecule has 3 aromatic carbocycles. The smallest absolute Gasteiger partial charge is 0.203 e. The second-order valence-corrected chi connectivity index (χ2v) is 6.36. The Kier molecular flexibility index (Phi) is 3.23. The Labute approximate surface area is 136 Å². The van der Waals surface area contributed by atoms with Gasteiger partial charge in [-0.1, -0.05) is 58.4 Å². The normalized spacial score (nSPS) is 16.3. The lowest BCUT2D eigenvalue weighted by atomic mass is 9.98. The minimum atomic E-state index is -0.424. The zero-order valence-corrected chi connectivity index (χ0v) is 13.3. The quantitative estimate of drug-likeness (QED) is 0.620. The second-order valence-electron chi connectivity index (χ2n) is 5.45. The summed E-state index contributed by atoms with van der Waals surface area (Å²) in [4.78, 5) is 12.6. The van der Waals surface area contributed by atoms with Crippen molar-refractivity contribution < 1.29 is 9.53 Å². The summed E-state index contributed by atoms with van der Waals surface area (Å²) in [5.74, 6) is 0.867. The Balaban J connectivity index is 1.71. The van der Waals surface area contributed by atoms with Crippen molar-refractivity contribution in [2.75, 3.05) is 0 Å². The molecule has 0 bridgehead atoms. The van der Waals surface area contributed by atoms with Crippen molar-refractivity contribution in [1.29, 1.82) is 0 Å². The van der Waals surface area contributed by atoms with Gasteiger partial charge in [0.15, 0.2) is 6.10 Å². The average molecular weight is 353 g/mol. The maximum Gasteiger partial charge on any atom is 0.203 e. The molecule has 3 heteroatoms. The molecule has 0 N–H and O–H groups in total. The highest BCUT2D eigenvalue weighted by atomic mass is 79.9. The fraction of sp³-hybridized carbons (Fsp3) is 0.105. The van der Waals surface area contributed by atoms with Crippen molar-refractivity contribution in [3.05, 3.63) is 76.3 Å². The molecular weight excluding hydrogens is 340 g/mol. The van der Waals surface area contributed by atoms with Crippen LogP contribution < -0.4 is 4.74 Å². The highest BCUT2D eigenvalue weighted by Gasteiger charge is 2.30. The fourth-order valence-electron chi connectivity index (χ4n) is 2.98. The lowest BCUT2D eigenvalue weighted by Crippen LogP contribution is -2.25. The average Bonchev–Trinajstić information content (AvgIpc) is 2.99. The summed E-state index contributed by atoms with van der Waals surface area (Å²) in [5.41, 5.74) is 1.83. The Hall–Kier alpha value is -2.13. The van der Waals surface area contributed by atoms with E-state index in [4.69, 9.17) is 4.74 Å². The third-order valence-electron chi connectivity index (χ3n) is 4.06. The number of ketones is 1. The number of Topliss-reactive ketones (excluding diaryl/α,β-unsaturated/α-hetero) is 1. The molecular formula is C19H13BrO2. The van der Waals surface area contributed by atoms with E-state index in [1.807, 2.05) is 48.5 Å². The van der Waals surface area contributed by atoms with Gasteiger partial charge in [0.2, 0.25) is 5.78 Å². The van der Waals surface area contributed by atoms with Crippen molar-refractivity contribution in [3.63, 3.8) is 0 Å². The SMILES string of the molecule is O=C(c1ccccc1)[C@@H]1Cc2c(ccc3cc(Br)ccc23)O1. The van der Waals surface area contributed by atoms with E-state index in [9.17, 15) is 4.79 Å². The monoisotopic (exact) mass is 352 g/mol. The van der Waals surface area contributed by atoms with Gasteiger partial charge in [-0.15, -0.1) is 0 Å². The molecule has 0 saturated heterocycles. The molecule has 0 aliphatic carbocycles. The molecule has 0 radical (unpaired) electrons. The number of halogens is 1. The molecule has 3 aromatic rings. The van der Waals surface area contributed by atoms with Crippen LogP contribution in [0.4, 0.5) is 0 Å². The van der Waals surface area contributed by atoms with E-state index < -0.39 is 6.10 Å². The molecule has 1 atom stereocenters. The van der Waals surface area contributed by atoms with Crippen LogP contribution in [0.1, 0.15) is 15.9 Å². The summed E-state index contributed by atoms with van der Waals surface area (Å²) in [6, 6.07) is 19.5. The number of carbonyl (C=O) groups is 1. The van der Waals surface area contributed by atoms with Crippen molar-refractivity contribution in [2.24, 2.45) is 0 Å². The number of fused-ring (bicyclic) bond motifs is 3. The van der Waals surface area contributed by atoms with E-state index >= 15 is 0 Å². The Morgan fingerprint density at radius 2 is 1.86 bits per heavy atom. The van der Waals surface area contributed by atoms with Crippen LogP contribution in [-0.4, -0.2) is 11.9 Å². The number of rotatable bonds is 2. The summed E-state index contributed by atoms with van der Waals surface area (Å²) in [6.07, 6.45) is 0.203. The van der Waals surface area contributed by atoms with Gasteiger partial charge in [-0.25, -0.2) is 0 Å². The number of carbonyl (C=O) groups excluding carboxylic acids is 1. The number of hydrogen-bond acceptors (Lipinski definition) is 2. The van der Waals surface area contributed by atoms with Gasteiger partial charge in [-0.2, -0.15) is 0 Å². The molecule has 0 amide bonds. The molecule has 0 saturated carbocycles. The van der Waals surface area contributed by atoms with Crippen molar-refractivity contribution in [3.8, 4) is 5.75 Å². The molecule has 2 nitrogen and oxygen atoms in total. The summed E-state index contributed by atoms with van der Waals surface area (Å²) in [6.45, 7) is 0. The largest absolute Gasteiger partial charge is 0.482 e. The van der Waals surface area contributed by atoms with Gasteiger partial charge in [0.05, 0.1) is 0 Å². The summed E-state index contributed by atoms with van der Waals surface area (Å²) < 4.78 is 6.95. The predicted octanol–water partition coefficient (Wildman–Crippen LogP) is 4.79. The molecule has 0 unspecified atom stereocenters.